The number of methoxy groups -OCH3 is 2. The quantitative estimate of drug-likeness (QED) is 0.782. The van der Waals surface area contributed by atoms with Crippen molar-refractivity contribution >= 4 is 38.9 Å². The van der Waals surface area contributed by atoms with Gasteiger partial charge in [0.2, 0.25) is 10.0 Å². The summed E-state index contributed by atoms with van der Waals surface area (Å²) in [5.74, 6) is 0.893. The Labute approximate surface area is 122 Å². The second-order valence-electron chi connectivity index (χ2n) is 3.65. The molecule has 19 heavy (non-hydrogen) atoms. The molecule has 0 aromatic heterocycles. The third kappa shape index (κ3) is 4.63. The lowest BCUT2D eigenvalue weighted by atomic mass is 10.3. The first-order valence-corrected chi connectivity index (χ1v) is 7.98. The summed E-state index contributed by atoms with van der Waals surface area (Å²) in [4.78, 5) is 0. The summed E-state index contributed by atoms with van der Waals surface area (Å²) < 4.78 is 36.2. The summed E-state index contributed by atoms with van der Waals surface area (Å²) in [5, 5.41) is 0.336. The monoisotopic (exact) mass is 327 g/mol. The van der Waals surface area contributed by atoms with Crippen molar-refractivity contribution in [3.05, 3.63) is 17.2 Å². The van der Waals surface area contributed by atoms with Gasteiger partial charge >= 0.3 is 0 Å². The number of nitrogens with one attached hydrogen (secondary N) is 1. The van der Waals surface area contributed by atoms with Crippen molar-refractivity contribution in [1.82, 2.24) is 0 Å². The van der Waals surface area contributed by atoms with Gasteiger partial charge in [-0.2, -0.15) is 0 Å². The molecule has 0 amide bonds. The minimum atomic E-state index is -3.48. The normalized spacial score (nSPS) is 11.2. The number of benzene rings is 1. The number of halogens is 2. The Kier molecular flexibility index (Phi) is 6.03. The average Bonchev–Trinajstić information content (AvgIpc) is 2.37. The molecule has 0 aliphatic carbocycles. The largest absolute Gasteiger partial charge is 0.495 e. The number of sulfonamides is 1. The van der Waals surface area contributed by atoms with Crippen LogP contribution < -0.4 is 14.2 Å². The van der Waals surface area contributed by atoms with Crippen molar-refractivity contribution in [3.8, 4) is 11.5 Å². The highest BCUT2D eigenvalue weighted by Crippen LogP contribution is 2.36. The third-order valence-corrected chi connectivity index (χ3v) is 4.21. The van der Waals surface area contributed by atoms with Gasteiger partial charge in [0.05, 0.1) is 30.7 Å². The summed E-state index contributed by atoms with van der Waals surface area (Å²) in [6.07, 6.45) is 0.365. The molecule has 1 aromatic rings. The molecule has 0 atom stereocenters. The summed E-state index contributed by atoms with van der Waals surface area (Å²) >= 11 is 11.4. The van der Waals surface area contributed by atoms with Crippen LogP contribution in [0.5, 0.6) is 11.5 Å². The van der Waals surface area contributed by atoms with Crippen LogP contribution in [-0.2, 0) is 10.0 Å². The van der Waals surface area contributed by atoms with Crippen molar-refractivity contribution in [2.45, 2.75) is 6.42 Å². The maximum absolute atomic E-state index is 11.8. The second kappa shape index (κ2) is 7.07. The van der Waals surface area contributed by atoms with Crippen molar-refractivity contribution < 1.29 is 17.9 Å². The standard InChI is InChI=1S/C11H15Cl2NO4S/c1-17-10-7-9(11(18-2)6-8(10)13)14-19(15,16)5-3-4-12/h6-7,14H,3-5H2,1-2H3. The number of anilines is 1. The van der Waals surface area contributed by atoms with E-state index in [1.165, 1.54) is 26.4 Å². The average molecular weight is 328 g/mol. The summed E-state index contributed by atoms with van der Waals surface area (Å²) in [6, 6.07) is 2.96. The number of hydrogen-bond donors (Lipinski definition) is 1. The molecular weight excluding hydrogens is 313 g/mol. The van der Waals surface area contributed by atoms with E-state index in [0.29, 0.717) is 22.9 Å². The van der Waals surface area contributed by atoms with Gasteiger partial charge in [-0.15, -0.1) is 11.6 Å². The molecule has 0 unspecified atom stereocenters. The maximum Gasteiger partial charge on any atom is 0.232 e. The molecule has 0 aliphatic heterocycles. The molecule has 1 rings (SSSR count). The van der Waals surface area contributed by atoms with E-state index in [9.17, 15) is 8.42 Å². The van der Waals surface area contributed by atoms with Crippen LogP contribution in [0.15, 0.2) is 12.1 Å². The Morgan fingerprint density at radius 3 is 2.37 bits per heavy atom. The molecule has 8 heteroatoms. The van der Waals surface area contributed by atoms with Crippen molar-refractivity contribution in [1.29, 1.82) is 0 Å². The van der Waals surface area contributed by atoms with E-state index >= 15 is 0 Å². The van der Waals surface area contributed by atoms with Gasteiger partial charge in [-0.3, -0.25) is 4.72 Å². The Balaban J connectivity index is 3.05. The summed E-state index contributed by atoms with van der Waals surface area (Å²) in [7, 11) is -0.611. The Morgan fingerprint density at radius 2 is 1.84 bits per heavy atom. The van der Waals surface area contributed by atoms with Gasteiger partial charge in [-0.25, -0.2) is 8.42 Å². The molecule has 108 valence electrons. The predicted molar refractivity (Wildman–Crippen MR) is 77.3 cm³/mol. The Morgan fingerprint density at radius 1 is 1.21 bits per heavy atom. The summed E-state index contributed by atoms with van der Waals surface area (Å²) in [6.45, 7) is 0. The van der Waals surface area contributed by atoms with Crippen LogP contribution in [0.25, 0.3) is 0 Å². The molecular formula is C11H15Cl2NO4S. The van der Waals surface area contributed by atoms with E-state index in [1.54, 1.807) is 0 Å². The van der Waals surface area contributed by atoms with E-state index < -0.39 is 10.0 Å². The van der Waals surface area contributed by atoms with Crippen LogP contribution in [0.3, 0.4) is 0 Å². The van der Waals surface area contributed by atoms with Crippen LogP contribution in [0.2, 0.25) is 5.02 Å². The smallest absolute Gasteiger partial charge is 0.232 e. The fourth-order valence-electron chi connectivity index (χ4n) is 1.40. The number of rotatable bonds is 7. The Hall–Kier alpha value is -0.850. The lowest BCUT2D eigenvalue weighted by Crippen LogP contribution is -2.17. The molecule has 0 saturated carbocycles. The zero-order valence-corrected chi connectivity index (χ0v) is 12.9. The lowest BCUT2D eigenvalue weighted by Gasteiger charge is -2.14. The fraction of sp³-hybridized carbons (Fsp3) is 0.455. The van der Waals surface area contributed by atoms with E-state index in [1.807, 2.05) is 0 Å². The van der Waals surface area contributed by atoms with Crippen molar-refractivity contribution in [3.63, 3.8) is 0 Å². The van der Waals surface area contributed by atoms with Gasteiger partial charge in [0.15, 0.2) is 0 Å². The maximum atomic E-state index is 11.8. The first-order chi connectivity index (χ1) is 8.93. The van der Waals surface area contributed by atoms with E-state index in [4.69, 9.17) is 32.7 Å². The molecule has 0 bridgehead atoms. The molecule has 0 radical (unpaired) electrons. The molecule has 0 aliphatic rings. The Bertz CT molecular complexity index is 534. The molecule has 0 spiro atoms. The zero-order chi connectivity index (χ0) is 14.5. The van der Waals surface area contributed by atoms with E-state index in [0.717, 1.165) is 0 Å². The first kappa shape index (κ1) is 16.2. The third-order valence-electron chi connectivity index (χ3n) is 2.29. The molecule has 0 saturated heterocycles. The molecule has 1 N–H and O–H groups in total. The van der Waals surface area contributed by atoms with Crippen LogP contribution in [0.4, 0.5) is 5.69 Å². The number of ether oxygens (including phenoxy) is 2. The molecule has 5 nitrogen and oxygen atoms in total. The van der Waals surface area contributed by atoms with Crippen LogP contribution in [0, 0.1) is 0 Å². The van der Waals surface area contributed by atoms with Crippen molar-refractivity contribution in [2.24, 2.45) is 0 Å². The van der Waals surface area contributed by atoms with Crippen LogP contribution in [-0.4, -0.2) is 34.3 Å². The summed E-state index contributed by atoms with van der Waals surface area (Å²) in [5.41, 5.74) is 0.276. The fourth-order valence-corrected chi connectivity index (χ4v) is 3.05. The minimum Gasteiger partial charge on any atom is -0.495 e. The highest BCUT2D eigenvalue weighted by Gasteiger charge is 2.16. The molecule has 0 heterocycles. The van der Waals surface area contributed by atoms with Gasteiger partial charge in [-0.05, 0) is 6.42 Å². The van der Waals surface area contributed by atoms with Gasteiger partial charge in [0.25, 0.3) is 0 Å². The van der Waals surface area contributed by atoms with Gasteiger partial charge < -0.3 is 9.47 Å². The number of hydrogen-bond acceptors (Lipinski definition) is 4. The zero-order valence-electron chi connectivity index (χ0n) is 10.6. The van der Waals surface area contributed by atoms with Crippen LogP contribution in [0.1, 0.15) is 6.42 Å². The van der Waals surface area contributed by atoms with E-state index in [2.05, 4.69) is 4.72 Å². The first-order valence-electron chi connectivity index (χ1n) is 5.41. The van der Waals surface area contributed by atoms with Crippen LogP contribution >= 0.6 is 23.2 Å². The van der Waals surface area contributed by atoms with Crippen molar-refractivity contribution in [2.75, 3.05) is 30.6 Å². The minimum absolute atomic E-state index is 0.0649. The van der Waals surface area contributed by atoms with E-state index in [-0.39, 0.29) is 17.3 Å². The van der Waals surface area contributed by atoms with Gasteiger partial charge in [-0.1, -0.05) is 11.6 Å². The molecule has 0 fully saturated rings. The highest BCUT2D eigenvalue weighted by atomic mass is 35.5. The van der Waals surface area contributed by atoms with Gasteiger partial charge in [0, 0.05) is 18.0 Å². The SMILES string of the molecule is COc1cc(NS(=O)(=O)CCCCl)c(OC)cc1Cl. The number of alkyl halides is 1. The topological polar surface area (TPSA) is 64.6 Å². The van der Waals surface area contributed by atoms with Gasteiger partial charge in [0.1, 0.15) is 11.5 Å². The highest BCUT2D eigenvalue weighted by molar-refractivity contribution is 7.92. The molecule has 1 aromatic carbocycles. The second-order valence-corrected chi connectivity index (χ2v) is 6.28. The predicted octanol–water partition coefficient (Wildman–Crippen LogP) is 2.73. The lowest BCUT2D eigenvalue weighted by molar-refractivity contribution is 0.405.